The molecule has 0 unspecified atom stereocenters. The average molecular weight is 623 g/mol. The van der Waals surface area contributed by atoms with Gasteiger partial charge in [0, 0.05) is 5.56 Å². The summed E-state index contributed by atoms with van der Waals surface area (Å²) in [6, 6.07) is 11.3. The standard InChI is InChI=1S/C44H80N/c1-4-6-8-10-12-14-16-18-20-22-24-26-28-30-32-37-41-45(3,43-44-39-35-34-36-40-44)42-38-33-31-29-27-25-23-21-19-17-15-13-11-9-7-5-2/h18-21,34-36,39-40H,4-17,22-33,37-38,41-43H2,1-3H3/q+1. The molecule has 0 aromatic heterocycles. The van der Waals surface area contributed by atoms with Crippen LogP contribution in [0.1, 0.15) is 199 Å². The van der Waals surface area contributed by atoms with Gasteiger partial charge in [-0.2, -0.15) is 0 Å². The van der Waals surface area contributed by atoms with Crippen LogP contribution >= 0.6 is 0 Å². The van der Waals surface area contributed by atoms with Crippen molar-refractivity contribution in [3.8, 4) is 0 Å². The Morgan fingerprint density at radius 1 is 0.400 bits per heavy atom. The summed E-state index contributed by atoms with van der Waals surface area (Å²) in [6.07, 6.45) is 48.7. The zero-order chi connectivity index (χ0) is 32.4. The molecule has 0 N–H and O–H groups in total. The van der Waals surface area contributed by atoms with Crippen molar-refractivity contribution in [2.45, 2.75) is 200 Å². The number of hydrogen-bond acceptors (Lipinski definition) is 0. The van der Waals surface area contributed by atoms with Gasteiger partial charge < -0.3 is 4.48 Å². The molecule has 0 saturated heterocycles. The number of hydrogen-bond donors (Lipinski definition) is 0. The Hall–Kier alpha value is -1.34. The molecule has 1 aromatic carbocycles. The maximum Gasteiger partial charge on any atom is 0.104 e. The van der Waals surface area contributed by atoms with E-state index in [2.05, 4.69) is 75.5 Å². The van der Waals surface area contributed by atoms with Gasteiger partial charge in [0.05, 0.1) is 20.1 Å². The van der Waals surface area contributed by atoms with Gasteiger partial charge in [0.2, 0.25) is 0 Å². The van der Waals surface area contributed by atoms with E-state index in [-0.39, 0.29) is 0 Å². The van der Waals surface area contributed by atoms with E-state index >= 15 is 0 Å². The van der Waals surface area contributed by atoms with Gasteiger partial charge in [-0.1, -0.05) is 171 Å². The zero-order valence-corrected chi connectivity index (χ0v) is 31.1. The van der Waals surface area contributed by atoms with Gasteiger partial charge in [0.25, 0.3) is 0 Å². The molecule has 0 bridgehead atoms. The Labute approximate surface area is 284 Å². The molecule has 0 amide bonds. The van der Waals surface area contributed by atoms with E-state index in [1.54, 1.807) is 0 Å². The maximum atomic E-state index is 2.53. The number of rotatable bonds is 34. The maximum absolute atomic E-state index is 2.53. The first-order valence-electron chi connectivity index (χ1n) is 20.4. The SMILES string of the molecule is CCCCCCCCC=CCCCCCCCC[N+](C)(CCCCCCCCC=CCCCCCCCC)Cc1ccccc1. The summed E-state index contributed by atoms with van der Waals surface area (Å²) in [7, 11) is 2.53. The first kappa shape index (κ1) is 41.7. The lowest BCUT2D eigenvalue weighted by Crippen LogP contribution is -2.44. The molecule has 0 aliphatic heterocycles. The van der Waals surface area contributed by atoms with Crippen LogP contribution in [0.4, 0.5) is 0 Å². The Bertz CT molecular complexity index is 720. The fraction of sp³-hybridized carbons (Fsp3) is 0.773. The molecule has 45 heavy (non-hydrogen) atoms. The van der Waals surface area contributed by atoms with Crippen molar-refractivity contribution < 1.29 is 4.48 Å². The molecule has 0 fully saturated rings. The number of nitrogens with zero attached hydrogens (tertiary/aromatic N) is 1. The van der Waals surface area contributed by atoms with Gasteiger partial charge in [-0.25, -0.2) is 0 Å². The van der Waals surface area contributed by atoms with Crippen LogP contribution in [0.15, 0.2) is 54.6 Å². The molecule has 0 atom stereocenters. The van der Waals surface area contributed by atoms with Crippen LogP contribution in [0.25, 0.3) is 0 Å². The highest BCUT2D eigenvalue weighted by Gasteiger charge is 2.21. The van der Waals surface area contributed by atoms with E-state index in [9.17, 15) is 0 Å². The lowest BCUT2D eigenvalue weighted by Gasteiger charge is -2.35. The summed E-state index contributed by atoms with van der Waals surface area (Å²) >= 11 is 0. The molecule has 0 heterocycles. The van der Waals surface area contributed by atoms with Gasteiger partial charge in [-0.3, -0.25) is 0 Å². The van der Waals surface area contributed by atoms with E-state index in [1.165, 1.54) is 209 Å². The smallest absolute Gasteiger partial charge is 0.104 e. The second kappa shape index (κ2) is 32.6. The van der Waals surface area contributed by atoms with E-state index in [1.807, 2.05) is 0 Å². The minimum absolute atomic E-state index is 1.19. The van der Waals surface area contributed by atoms with Crippen molar-refractivity contribution in [2.24, 2.45) is 0 Å². The van der Waals surface area contributed by atoms with Crippen LogP contribution in [0.3, 0.4) is 0 Å². The fourth-order valence-electron chi connectivity index (χ4n) is 6.78. The Kier molecular flexibility index (Phi) is 30.2. The van der Waals surface area contributed by atoms with Crippen LogP contribution in [-0.4, -0.2) is 24.6 Å². The molecular weight excluding hydrogens is 542 g/mol. The Morgan fingerprint density at radius 3 is 1.07 bits per heavy atom. The van der Waals surface area contributed by atoms with Crippen molar-refractivity contribution in [1.82, 2.24) is 0 Å². The van der Waals surface area contributed by atoms with Crippen molar-refractivity contribution in [2.75, 3.05) is 20.1 Å². The number of quaternary nitrogens is 1. The number of unbranched alkanes of at least 4 members (excludes halogenated alkanes) is 24. The summed E-state index contributed by atoms with van der Waals surface area (Å²) in [5.74, 6) is 0. The molecule has 1 nitrogen and oxygen atoms in total. The van der Waals surface area contributed by atoms with Crippen LogP contribution in [0, 0.1) is 0 Å². The van der Waals surface area contributed by atoms with E-state index < -0.39 is 0 Å². The molecule has 0 spiro atoms. The molecule has 0 aliphatic carbocycles. The lowest BCUT2D eigenvalue weighted by atomic mass is 10.1. The zero-order valence-electron chi connectivity index (χ0n) is 31.1. The summed E-state index contributed by atoms with van der Waals surface area (Å²) in [5, 5.41) is 0. The van der Waals surface area contributed by atoms with Crippen molar-refractivity contribution in [3.05, 3.63) is 60.2 Å². The Balaban J connectivity index is 2.11. The molecule has 1 rings (SSSR count). The number of allylic oxidation sites excluding steroid dienone is 4. The van der Waals surface area contributed by atoms with E-state index in [0.717, 1.165) is 0 Å². The molecule has 0 radical (unpaired) electrons. The predicted molar refractivity (Wildman–Crippen MR) is 205 cm³/mol. The predicted octanol–water partition coefficient (Wildman–Crippen LogP) is 14.7. The van der Waals surface area contributed by atoms with Crippen LogP contribution in [-0.2, 0) is 6.54 Å². The van der Waals surface area contributed by atoms with Crippen LogP contribution in [0.5, 0.6) is 0 Å². The van der Waals surface area contributed by atoms with E-state index in [0.29, 0.717) is 0 Å². The first-order chi connectivity index (χ1) is 22.2. The highest BCUT2D eigenvalue weighted by molar-refractivity contribution is 5.13. The third-order valence-corrected chi connectivity index (χ3v) is 9.83. The molecular formula is C44H80N+. The summed E-state index contributed by atoms with van der Waals surface area (Å²) < 4.78 is 1.22. The minimum atomic E-state index is 1.19. The number of benzene rings is 1. The molecule has 260 valence electrons. The Morgan fingerprint density at radius 2 is 0.711 bits per heavy atom. The average Bonchev–Trinajstić information content (AvgIpc) is 3.05. The quantitative estimate of drug-likeness (QED) is 0.0407. The van der Waals surface area contributed by atoms with Gasteiger partial charge in [-0.05, 0) is 77.0 Å². The van der Waals surface area contributed by atoms with Crippen LogP contribution < -0.4 is 0 Å². The fourth-order valence-corrected chi connectivity index (χ4v) is 6.78. The molecule has 0 saturated carbocycles. The topological polar surface area (TPSA) is 0 Å². The van der Waals surface area contributed by atoms with Crippen LogP contribution in [0.2, 0.25) is 0 Å². The minimum Gasteiger partial charge on any atom is -0.322 e. The van der Waals surface area contributed by atoms with Crippen molar-refractivity contribution in [1.29, 1.82) is 0 Å². The molecule has 1 aromatic rings. The summed E-state index contributed by atoms with van der Waals surface area (Å²) in [5.41, 5.74) is 1.51. The van der Waals surface area contributed by atoms with E-state index in [4.69, 9.17) is 0 Å². The van der Waals surface area contributed by atoms with Gasteiger partial charge in [-0.15, -0.1) is 0 Å². The second-order valence-electron chi connectivity index (χ2n) is 14.6. The second-order valence-corrected chi connectivity index (χ2v) is 14.6. The lowest BCUT2D eigenvalue weighted by molar-refractivity contribution is -0.923. The largest absolute Gasteiger partial charge is 0.322 e. The third-order valence-electron chi connectivity index (χ3n) is 9.83. The summed E-state index contributed by atoms with van der Waals surface area (Å²) in [4.78, 5) is 0. The highest BCUT2D eigenvalue weighted by atomic mass is 15.3. The van der Waals surface area contributed by atoms with Gasteiger partial charge in [0.1, 0.15) is 6.54 Å². The van der Waals surface area contributed by atoms with Gasteiger partial charge >= 0.3 is 0 Å². The van der Waals surface area contributed by atoms with Gasteiger partial charge in [0.15, 0.2) is 0 Å². The monoisotopic (exact) mass is 623 g/mol. The third kappa shape index (κ3) is 28.6. The van der Waals surface area contributed by atoms with Crippen molar-refractivity contribution >= 4 is 0 Å². The molecule has 1 heteroatoms. The summed E-state index contributed by atoms with van der Waals surface area (Å²) in [6.45, 7) is 8.46. The molecule has 0 aliphatic rings. The highest BCUT2D eigenvalue weighted by Crippen LogP contribution is 2.18. The van der Waals surface area contributed by atoms with Crippen molar-refractivity contribution in [3.63, 3.8) is 0 Å². The first-order valence-corrected chi connectivity index (χ1v) is 20.4. The normalized spacial score (nSPS) is 13.3.